The van der Waals surface area contributed by atoms with Crippen LogP contribution in [0, 0.1) is 0 Å². The van der Waals surface area contributed by atoms with Crippen molar-refractivity contribution in [3.05, 3.63) is 35.4 Å². The zero-order valence-corrected chi connectivity index (χ0v) is 12.1. The van der Waals surface area contributed by atoms with Gasteiger partial charge in [-0.1, -0.05) is 12.1 Å². The average molecular weight is 284 g/mol. The maximum Gasteiger partial charge on any atom is 0.248 e. The quantitative estimate of drug-likeness (QED) is 0.878. The van der Waals surface area contributed by atoms with Crippen LogP contribution >= 0.6 is 12.4 Å². The number of benzene rings is 1. The summed E-state index contributed by atoms with van der Waals surface area (Å²) < 4.78 is 0. The van der Waals surface area contributed by atoms with Gasteiger partial charge in [-0.15, -0.1) is 12.4 Å². The van der Waals surface area contributed by atoms with E-state index in [0.717, 1.165) is 19.6 Å². The molecule has 3 N–H and O–H groups in total. The molecule has 1 aliphatic heterocycles. The molecule has 106 valence electrons. The fraction of sp³-hybridized carbons (Fsp3) is 0.500. The van der Waals surface area contributed by atoms with Gasteiger partial charge in [0, 0.05) is 18.2 Å². The first-order valence-corrected chi connectivity index (χ1v) is 6.46. The van der Waals surface area contributed by atoms with E-state index in [2.05, 4.69) is 17.3 Å². The fourth-order valence-corrected chi connectivity index (χ4v) is 2.44. The van der Waals surface area contributed by atoms with Crippen LogP contribution in [0.3, 0.4) is 0 Å². The highest BCUT2D eigenvalue weighted by Gasteiger charge is 2.17. The van der Waals surface area contributed by atoms with E-state index >= 15 is 0 Å². The lowest BCUT2D eigenvalue weighted by molar-refractivity contribution is 0.100. The van der Waals surface area contributed by atoms with Crippen molar-refractivity contribution in [3.63, 3.8) is 0 Å². The molecule has 1 amide bonds. The van der Waals surface area contributed by atoms with Gasteiger partial charge in [0.05, 0.1) is 0 Å². The van der Waals surface area contributed by atoms with Gasteiger partial charge in [-0.25, -0.2) is 0 Å². The van der Waals surface area contributed by atoms with Gasteiger partial charge in [0.1, 0.15) is 0 Å². The molecule has 0 saturated carbocycles. The number of halogens is 1. The van der Waals surface area contributed by atoms with Crippen LogP contribution in [0.2, 0.25) is 0 Å². The summed E-state index contributed by atoms with van der Waals surface area (Å²) in [6.07, 6.45) is 2.41. The van der Waals surface area contributed by atoms with E-state index in [9.17, 15) is 4.79 Å². The highest BCUT2D eigenvalue weighted by atomic mass is 35.5. The number of nitrogens with one attached hydrogen (secondary N) is 1. The van der Waals surface area contributed by atoms with E-state index in [0.29, 0.717) is 11.6 Å². The van der Waals surface area contributed by atoms with Crippen LogP contribution in [0.25, 0.3) is 0 Å². The molecule has 0 unspecified atom stereocenters. The Morgan fingerprint density at radius 1 is 1.32 bits per heavy atom. The van der Waals surface area contributed by atoms with Gasteiger partial charge in [-0.05, 0) is 50.7 Å². The lowest BCUT2D eigenvalue weighted by atomic mass is 10.0. The standard InChI is InChI=1S/C14H21N3O.ClH/c1-17(13-6-8-16-9-7-13)10-11-2-4-12(5-3-11)14(15)18;/h2-5,13,16H,6-10H2,1H3,(H2,15,18);1H. The number of hydrogen-bond acceptors (Lipinski definition) is 3. The van der Waals surface area contributed by atoms with Crippen molar-refractivity contribution < 1.29 is 4.79 Å². The molecule has 1 fully saturated rings. The Labute approximate surface area is 120 Å². The molecule has 0 radical (unpaired) electrons. The molecule has 0 spiro atoms. The minimum atomic E-state index is -0.367. The maximum absolute atomic E-state index is 11.0. The van der Waals surface area contributed by atoms with Crippen LogP contribution in [0.15, 0.2) is 24.3 Å². The first-order valence-electron chi connectivity index (χ1n) is 6.46. The summed E-state index contributed by atoms with van der Waals surface area (Å²) in [6.45, 7) is 3.13. The van der Waals surface area contributed by atoms with Crippen LogP contribution in [0.5, 0.6) is 0 Å². The summed E-state index contributed by atoms with van der Waals surface area (Å²) in [5.74, 6) is -0.367. The molecule has 0 aromatic heterocycles. The van der Waals surface area contributed by atoms with E-state index in [1.807, 2.05) is 12.1 Å². The normalized spacial score (nSPS) is 16.1. The molecule has 0 atom stereocenters. The number of piperidine rings is 1. The van der Waals surface area contributed by atoms with Crippen molar-refractivity contribution in [2.45, 2.75) is 25.4 Å². The highest BCUT2D eigenvalue weighted by Crippen LogP contribution is 2.14. The minimum absolute atomic E-state index is 0. The second-order valence-electron chi connectivity index (χ2n) is 4.96. The molecule has 1 aromatic rings. The Bertz CT molecular complexity index is 402. The maximum atomic E-state index is 11.0. The molecule has 1 heterocycles. The third kappa shape index (κ3) is 4.49. The molecule has 1 aromatic carbocycles. The Morgan fingerprint density at radius 3 is 2.42 bits per heavy atom. The van der Waals surface area contributed by atoms with Crippen molar-refractivity contribution in [2.24, 2.45) is 5.73 Å². The zero-order chi connectivity index (χ0) is 13.0. The SMILES string of the molecule is CN(Cc1ccc(C(N)=O)cc1)C1CCNCC1.Cl. The first kappa shape index (κ1) is 16.0. The Morgan fingerprint density at radius 2 is 1.89 bits per heavy atom. The van der Waals surface area contributed by atoms with Gasteiger partial charge in [-0.2, -0.15) is 0 Å². The summed E-state index contributed by atoms with van der Waals surface area (Å²) in [5.41, 5.74) is 7.02. The van der Waals surface area contributed by atoms with E-state index < -0.39 is 0 Å². The number of carbonyl (C=O) groups is 1. The summed E-state index contributed by atoms with van der Waals surface area (Å²) in [5, 5.41) is 3.38. The molecule has 1 aliphatic rings. The van der Waals surface area contributed by atoms with Gasteiger partial charge >= 0.3 is 0 Å². The second kappa shape index (κ2) is 7.48. The number of carbonyl (C=O) groups excluding carboxylic acids is 1. The van der Waals surface area contributed by atoms with Gasteiger partial charge in [-0.3, -0.25) is 9.69 Å². The Balaban J connectivity index is 0.00000180. The van der Waals surface area contributed by atoms with Crippen molar-refractivity contribution in [1.29, 1.82) is 0 Å². The topological polar surface area (TPSA) is 58.4 Å². The summed E-state index contributed by atoms with van der Waals surface area (Å²) >= 11 is 0. The zero-order valence-electron chi connectivity index (χ0n) is 11.3. The molecule has 5 heteroatoms. The monoisotopic (exact) mass is 283 g/mol. The van der Waals surface area contributed by atoms with Gasteiger partial charge < -0.3 is 11.1 Å². The van der Waals surface area contributed by atoms with Crippen molar-refractivity contribution >= 4 is 18.3 Å². The average Bonchev–Trinajstić information content (AvgIpc) is 2.40. The lowest BCUT2D eigenvalue weighted by Crippen LogP contribution is -2.40. The van der Waals surface area contributed by atoms with Crippen molar-refractivity contribution in [3.8, 4) is 0 Å². The van der Waals surface area contributed by atoms with Crippen LogP contribution in [0.1, 0.15) is 28.8 Å². The third-order valence-electron chi connectivity index (χ3n) is 3.60. The number of primary amides is 1. The number of nitrogens with zero attached hydrogens (tertiary/aromatic N) is 1. The fourth-order valence-electron chi connectivity index (χ4n) is 2.44. The van der Waals surface area contributed by atoms with Crippen LogP contribution in [-0.2, 0) is 6.54 Å². The smallest absolute Gasteiger partial charge is 0.248 e. The number of nitrogens with two attached hydrogens (primary N) is 1. The van der Waals surface area contributed by atoms with Gasteiger partial charge in [0.25, 0.3) is 0 Å². The third-order valence-corrected chi connectivity index (χ3v) is 3.60. The highest BCUT2D eigenvalue weighted by molar-refractivity contribution is 5.92. The molecule has 4 nitrogen and oxygen atoms in total. The van der Waals surface area contributed by atoms with Gasteiger partial charge in [0.2, 0.25) is 5.91 Å². The lowest BCUT2D eigenvalue weighted by Gasteiger charge is -2.31. The van der Waals surface area contributed by atoms with Crippen LogP contribution in [0.4, 0.5) is 0 Å². The number of rotatable bonds is 4. The Hall–Kier alpha value is -1.10. The minimum Gasteiger partial charge on any atom is -0.366 e. The summed E-state index contributed by atoms with van der Waals surface area (Å²) in [7, 11) is 2.16. The molecule has 19 heavy (non-hydrogen) atoms. The molecular weight excluding hydrogens is 262 g/mol. The van der Waals surface area contributed by atoms with Crippen molar-refractivity contribution in [1.82, 2.24) is 10.2 Å². The second-order valence-corrected chi connectivity index (χ2v) is 4.96. The van der Waals surface area contributed by atoms with E-state index in [4.69, 9.17) is 5.73 Å². The molecular formula is C14H22ClN3O. The van der Waals surface area contributed by atoms with Crippen molar-refractivity contribution in [2.75, 3.05) is 20.1 Å². The van der Waals surface area contributed by atoms with E-state index in [1.165, 1.54) is 18.4 Å². The van der Waals surface area contributed by atoms with Crippen LogP contribution < -0.4 is 11.1 Å². The molecule has 0 aliphatic carbocycles. The largest absolute Gasteiger partial charge is 0.366 e. The van der Waals surface area contributed by atoms with Gasteiger partial charge in [0.15, 0.2) is 0 Å². The van der Waals surface area contributed by atoms with Crippen LogP contribution in [-0.4, -0.2) is 37.0 Å². The van der Waals surface area contributed by atoms with E-state index in [-0.39, 0.29) is 18.3 Å². The molecule has 0 bridgehead atoms. The number of hydrogen-bond donors (Lipinski definition) is 2. The predicted molar refractivity (Wildman–Crippen MR) is 79.6 cm³/mol. The molecule has 2 rings (SSSR count). The molecule has 1 saturated heterocycles. The number of amides is 1. The Kier molecular flexibility index (Phi) is 6.28. The predicted octanol–water partition coefficient (Wildman–Crippen LogP) is 1.39. The summed E-state index contributed by atoms with van der Waals surface area (Å²) in [4.78, 5) is 13.4. The first-order chi connectivity index (χ1) is 8.66. The summed E-state index contributed by atoms with van der Waals surface area (Å²) in [6, 6.07) is 8.22. The van der Waals surface area contributed by atoms with E-state index in [1.54, 1.807) is 12.1 Å².